The number of allylic oxidation sites excluding steroid dienone is 4. The van der Waals surface area contributed by atoms with Gasteiger partial charge in [0.1, 0.15) is 11.5 Å². The van der Waals surface area contributed by atoms with Crippen molar-refractivity contribution in [3.05, 3.63) is 225 Å². The second-order valence-corrected chi connectivity index (χ2v) is 21.3. The molecule has 6 heteroatoms. The van der Waals surface area contributed by atoms with E-state index in [0.717, 1.165) is 51.9 Å². The largest absolute Gasteiger partial charge is 0.458 e. The molecule has 0 saturated carbocycles. The molecule has 0 N–H and O–H groups in total. The van der Waals surface area contributed by atoms with Crippen LogP contribution in [0.2, 0.25) is 0 Å². The summed E-state index contributed by atoms with van der Waals surface area (Å²) in [5, 5.41) is 4.04. The lowest BCUT2D eigenvalue weighted by atomic mass is 9.30. The van der Waals surface area contributed by atoms with Crippen LogP contribution in [0.1, 0.15) is 52.3 Å². The Bertz CT molecular complexity index is 4150. The SMILES string of the molecule is C=CC=C1/C(=C\C)B2c3cc4c(cc3Oc3cc(-c5cc(C)ccc5C)cc(c32)N1c1ccc(C)cc1)N(c1ccc(C)cc1)c1cc(-c2cc(C)ccc2C)cc2c1B4C1=c3c(c4cc(C)ccc4n3-2)=CC1. The molecule has 4 nitrogen and oxygen atoms in total. The van der Waals surface area contributed by atoms with E-state index in [2.05, 4.69) is 234 Å². The summed E-state index contributed by atoms with van der Waals surface area (Å²) in [6, 6.07) is 53.4. The van der Waals surface area contributed by atoms with Gasteiger partial charge in [0, 0.05) is 61.8 Å². The molecule has 14 rings (SSSR count). The molecule has 5 aliphatic rings. The molecule has 4 aliphatic heterocycles. The molecule has 0 saturated heterocycles. The van der Waals surface area contributed by atoms with Crippen molar-refractivity contribution in [1.82, 2.24) is 4.57 Å². The zero-order valence-corrected chi connectivity index (χ0v) is 42.9. The zero-order valence-electron chi connectivity index (χ0n) is 42.9. The van der Waals surface area contributed by atoms with Crippen LogP contribution < -0.4 is 47.0 Å². The predicted octanol–water partition coefficient (Wildman–Crippen LogP) is 12.8. The highest BCUT2D eigenvalue weighted by Crippen LogP contribution is 2.48. The first-order valence-electron chi connectivity index (χ1n) is 25.9. The van der Waals surface area contributed by atoms with E-state index >= 15 is 0 Å². The van der Waals surface area contributed by atoms with Crippen molar-refractivity contribution in [3.63, 3.8) is 0 Å². The molecule has 1 aliphatic carbocycles. The van der Waals surface area contributed by atoms with E-state index in [-0.39, 0.29) is 13.4 Å². The average molecular weight is 940 g/mol. The maximum absolute atomic E-state index is 7.57. The van der Waals surface area contributed by atoms with Crippen molar-refractivity contribution in [2.24, 2.45) is 0 Å². The first kappa shape index (κ1) is 43.6. The van der Waals surface area contributed by atoms with Crippen molar-refractivity contribution in [2.75, 3.05) is 9.80 Å². The zero-order chi connectivity index (χ0) is 49.7. The van der Waals surface area contributed by atoms with Gasteiger partial charge in [0.05, 0.1) is 5.52 Å². The molecule has 0 unspecified atom stereocenters. The molecule has 0 bridgehead atoms. The number of aromatic nitrogens is 1. The van der Waals surface area contributed by atoms with Crippen LogP contribution in [0.4, 0.5) is 28.4 Å². The molecule has 0 spiro atoms. The fraction of sp³-hybridized carbons (Fsp3) is 0.134. The van der Waals surface area contributed by atoms with Crippen LogP contribution in [0, 0.1) is 48.5 Å². The van der Waals surface area contributed by atoms with Crippen molar-refractivity contribution < 1.29 is 4.74 Å². The highest BCUT2D eigenvalue weighted by Gasteiger charge is 2.48. The van der Waals surface area contributed by atoms with Gasteiger partial charge in [0.2, 0.25) is 6.71 Å². The van der Waals surface area contributed by atoms with Crippen LogP contribution in [-0.2, 0) is 0 Å². The molecule has 9 aromatic rings. The Hall–Kier alpha value is -8.21. The normalized spacial score (nSPS) is 15.5. The van der Waals surface area contributed by atoms with Crippen LogP contribution in [-0.4, -0.2) is 18.0 Å². The molecule has 0 radical (unpaired) electrons. The van der Waals surface area contributed by atoms with Gasteiger partial charge in [-0.2, -0.15) is 0 Å². The topological polar surface area (TPSA) is 20.6 Å². The van der Waals surface area contributed by atoms with Crippen LogP contribution in [0.5, 0.6) is 11.5 Å². The summed E-state index contributed by atoms with van der Waals surface area (Å²) in [6.07, 6.45) is 9.89. The Morgan fingerprint density at radius 1 is 0.534 bits per heavy atom. The van der Waals surface area contributed by atoms with Gasteiger partial charge in [-0.25, -0.2) is 0 Å². The quantitative estimate of drug-likeness (QED) is 0.160. The van der Waals surface area contributed by atoms with E-state index in [0.29, 0.717) is 0 Å². The van der Waals surface area contributed by atoms with E-state index in [1.54, 1.807) is 0 Å². The molecule has 0 atom stereocenters. The highest BCUT2D eigenvalue weighted by molar-refractivity contribution is 7.02. The summed E-state index contributed by atoms with van der Waals surface area (Å²) in [4.78, 5) is 4.99. The maximum Gasteiger partial charge on any atom is 0.255 e. The third-order valence-corrected chi connectivity index (χ3v) is 16.6. The fourth-order valence-corrected chi connectivity index (χ4v) is 13.2. The van der Waals surface area contributed by atoms with Crippen molar-refractivity contribution >= 4 is 86.2 Å². The Balaban J connectivity index is 1.09. The molecule has 350 valence electrons. The summed E-state index contributed by atoms with van der Waals surface area (Å²) in [7, 11) is 0. The highest BCUT2D eigenvalue weighted by atomic mass is 16.5. The Morgan fingerprint density at radius 3 is 1.78 bits per heavy atom. The first-order valence-corrected chi connectivity index (χ1v) is 25.9. The number of benzene rings is 8. The molecule has 0 amide bonds. The lowest BCUT2D eigenvalue weighted by molar-refractivity contribution is 0.488. The number of aryl methyl sites for hydroxylation is 7. The van der Waals surface area contributed by atoms with Crippen molar-refractivity contribution in [2.45, 2.75) is 61.8 Å². The summed E-state index contributed by atoms with van der Waals surface area (Å²) >= 11 is 0. The molecule has 5 heterocycles. The van der Waals surface area contributed by atoms with Gasteiger partial charge in [0.15, 0.2) is 0 Å². The fourth-order valence-electron chi connectivity index (χ4n) is 13.2. The van der Waals surface area contributed by atoms with Crippen LogP contribution in [0.25, 0.3) is 50.4 Å². The van der Waals surface area contributed by atoms with Gasteiger partial charge in [-0.05, 0) is 189 Å². The van der Waals surface area contributed by atoms with Crippen LogP contribution >= 0.6 is 0 Å². The molecule has 0 fully saturated rings. The third-order valence-electron chi connectivity index (χ3n) is 16.6. The number of ether oxygens (including phenoxy) is 1. The van der Waals surface area contributed by atoms with Gasteiger partial charge >= 0.3 is 0 Å². The molecule has 8 aromatic carbocycles. The van der Waals surface area contributed by atoms with Gasteiger partial charge in [0.25, 0.3) is 6.71 Å². The summed E-state index contributed by atoms with van der Waals surface area (Å²) in [6.45, 7) is 21.8. The van der Waals surface area contributed by atoms with Crippen LogP contribution in [0.3, 0.4) is 0 Å². The summed E-state index contributed by atoms with van der Waals surface area (Å²) < 4.78 is 10.2. The van der Waals surface area contributed by atoms with Crippen molar-refractivity contribution in [1.29, 1.82) is 0 Å². The second kappa shape index (κ2) is 15.9. The standard InChI is InChI=1S/C67H55B2N3O/c1-10-12-58-53(11-2)68-56-36-55-59(37-63(56)73-64-35-46(51-30-41(6)14-21-44(51)9)34-62(66(64)68)70(58)47-22-15-38(3)16-23-47)71(48-24-17-39(4)18-25-48)60-32-45(50-29-40(5)13-20-43(50)8)33-61-65(60)69(55)54-27-26-49-52-31-42(7)19-28-57(52)72(61)67(49)54/h10-26,28-37H,1,27H2,2-9H3/b53-11+,58-12?. The average Bonchev–Trinajstić information content (AvgIpc) is 3.97. The molecule has 73 heavy (non-hydrogen) atoms. The van der Waals surface area contributed by atoms with E-state index in [9.17, 15) is 0 Å². The summed E-state index contributed by atoms with van der Waals surface area (Å²) in [5.41, 5.74) is 30.6. The number of nitrogens with zero attached hydrogens (tertiary/aromatic N) is 3. The number of fused-ring (bicyclic) bond motifs is 9. The lowest BCUT2D eigenvalue weighted by Crippen LogP contribution is -2.60. The minimum atomic E-state index is -0.112. The Kier molecular flexibility index (Phi) is 9.49. The lowest BCUT2D eigenvalue weighted by Gasteiger charge is -2.44. The van der Waals surface area contributed by atoms with E-state index < -0.39 is 0 Å². The Labute approximate surface area is 429 Å². The monoisotopic (exact) mass is 939 g/mol. The number of hydrogen-bond acceptors (Lipinski definition) is 3. The second-order valence-electron chi connectivity index (χ2n) is 21.3. The first-order chi connectivity index (χ1) is 35.5. The minimum Gasteiger partial charge on any atom is -0.458 e. The number of rotatable bonds is 5. The van der Waals surface area contributed by atoms with Crippen molar-refractivity contribution in [3.8, 4) is 39.4 Å². The van der Waals surface area contributed by atoms with Gasteiger partial charge < -0.3 is 19.1 Å². The number of anilines is 5. The summed E-state index contributed by atoms with van der Waals surface area (Å²) in [5.74, 6) is 1.77. The molecular formula is C67H55B2N3O. The molecular weight excluding hydrogens is 884 g/mol. The van der Waals surface area contributed by atoms with Gasteiger partial charge in [-0.15, -0.1) is 0 Å². The predicted molar refractivity (Wildman–Crippen MR) is 311 cm³/mol. The minimum absolute atomic E-state index is 0.00694. The van der Waals surface area contributed by atoms with Crippen LogP contribution in [0.15, 0.2) is 176 Å². The molecule has 1 aromatic heterocycles. The van der Waals surface area contributed by atoms with E-state index in [1.165, 1.54) is 121 Å². The van der Waals surface area contributed by atoms with E-state index in [4.69, 9.17) is 4.74 Å². The van der Waals surface area contributed by atoms with Gasteiger partial charge in [-0.3, -0.25) is 0 Å². The maximum atomic E-state index is 7.57. The number of hydrogen-bond donors (Lipinski definition) is 0. The third kappa shape index (κ3) is 6.29. The van der Waals surface area contributed by atoms with Gasteiger partial charge in [-0.1, -0.05) is 131 Å². The van der Waals surface area contributed by atoms with E-state index in [1.807, 2.05) is 6.08 Å². The Morgan fingerprint density at radius 2 is 1.12 bits per heavy atom. The smallest absolute Gasteiger partial charge is 0.255 e.